The lowest BCUT2D eigenvalue weighted by atomic mass is 10.2. The molecule has 3 N–H and O–H groups in total. The van der Waals surface area contributed by atoms with Crippen molar-refractivity contribution in [3.63, 3.8) is 0 Å². The van der Waals surface area contributed by atoms with E-state index < -0.39 is 11.5 Å². The highest BCUT2D eigenvalue weighted by Crippen LogP contribution is 2.30. The molecule has 0 bridgehead atoms. The maximum atomic E-state index is 13.3. The third-order valence-corrected chi connectivity index (χ3v) is 8.68. The summed E-state index contributed by atoms with van der Waals surface area (Å²) in [6, 6.07) is 10.3. The average molecular weight is 617 g/mol. The molecular formula is C29H29ClN10O2S. The Morgan fingerprint density at radius 3 is 2.47 bits per heavy atom. The first-order valence-electron chi connectivity index (χ1n) is 13.5. The van der Waals surface area contributed by atoms with E-state index in [9.17, 15) is 9.59 Å². The molecule has 5 aromatic rings. The van der Waals surface area contributed by atoms with Gasteiger partial charge in [-0.05, 0) is 38.2 Å². The maximum absolute atomic E-state index is 13.3. The van der Waals surface area contributed by atoms with Crippen molar-refractivity contribution in [1.82, 2.24) is 34.2 Å². The van der Waals surface area contributed by atoms with E-state index in [1.54, 1.807) is 72.6 Å². The molecule has 1 aliphatic heterocycles. The summed E-state index contributed by atoms with van der Waals surface area (Å²) < 4.78 is 2.98. The van der Waals surface area contributed by atoms with Crippen LogP contribution in [0.1, 0.15) is 16.1 Å². The van der Waals surface area contributed by atoms with Crippen molar-refractivity contribution in [3.05, 3.63) is 80.8 Å². The SMILES string of the molecule is Cc1c(C(=O)Nc2ccc(-c3nc(-c4csc(N5CCN(C)CC5)n4)cnc3N)nc2)c(=O)n(-c2ccccc2Cl)n1C. The second-order valence-corrected chi connectivity index (χ2v) is 11.5. The summed E-state index contributed by atoms with van der Waals surface area (Å²) in [5.74, 6) is -0.331. The van der Waals surface area contributed by atoms with Gasteiger partial charge in [-0.15, -0.1) is 11.3 Å². The topological polar surface area (TPSA) is 140 Å². The lowest BCUT2D eigenvalue weighted by Gasteiger charge is -2.32. The number of aromatic nitrogens is 6. The van der Waals surface area contributed by atoms with Crippen LogP contribution in [0.5, 0.6) is 0 Å². The third-order valence-electron chi connectivity index (χ3n) is 7.45. The Hall–Kier alpha value is -4.59. The number of thiazole rings is 1. The number of likely N-dealkylation sites (N-methyl/N-ethyl adjacent to an activating group) is 1. The molecule has 4 aromatic heterocycles. The van der Waals surface area contributed by atoms with Crippen LogP contribution in [-0.4, -0.2) is 73.3 Å². The molecule has 0 atom stereocenters. The number of carbonyl (C=O) groups excluding carboxylic acids is 1. The smallest absolute Gasteiger partial charge is 0.284 e. The Morgan fingerprint density at radius 2 is 1.74 bits per heavy atom. The highest BCUT2D eigenvalue weighted by molar-refractivity contribution is 7.14. The molecule has 1 saturated heterocycles. The van der Waals surface area contributed by atoms with Crippen LogP contribution < -0.4 is 21.5 Å². The number of para-hydroxylation sites is 1. The van der Waals surface area contributed by atoms with Crippen molar-refractivity contribution < 1.29 is 4.79 Å². The first-order chi connectivity index (χ1) is 20.7. The van der Waals surface area contributed by atoms with E-state index in [4.69, 9.17) is 27.3 Å². The lowest BCUT2D eigenvalue weighted by Crippen LogP contribution is -2.44. The summed E-state index contributed by atoms with van der Waals surface area (Å²) >= 11 is 7.90. The number of pyridine rings is 1. The first-order valence-corrected chi connectivity index (χ1v) is 14.8. The quantitative estimate of drug-likeness (QED) is 0.292. The molecule has 220 valence electrons. The van der Waals surface area contributed by atoms with Crippen molar-refractivity contribution in [3.8, 4) is 28.5 Å². The van der Waals surface area contributed by atoms with Crippen LogP contribution in [0, 0.1) is 6.92 Å². The van der Waals surface area contributed by atoms with Crippen LogP contribution in [0.2, 0.25) is 5.02 Å². The van der Waals surface area contributed by atoms with Gasteiger partial charge in [0.05, 0.1) is 40.2 Å². The van der Waals surface area contributed by atoms with Gasteiger partial charge in [0.1, 0.15) is 22.6 Å². The molecule has 0 unspecified atom stereocenters. The molecule has 1 aliphatic rings. The number of rotatable bonds is 6. The minimum atomic E-state index is -0.556. The first kappa shape index (κ1) is 28.5. The molecule has 0 saturated carbocycles. The number of nitrogens with two attached hydrogens (primary N) is 1. The van der Waals surface area contributed by atoms with Crippen LogP contribution in [0.25, 0.3) is 28.5 Å². The van der Waals surface area contributed by atoms with E-state index in [1.807, 2.05) is 5.38 Å². The predicted octanol–water partition coefficient (Wildman–Crippen LogP) is 3.70. The van der Waals surface area contributed by atoms with Gasteiger partial charge >= 0.3 is 0 Å². The van der Waals surface area contributed by atoms with E-state index >= 15 is 0 Å². The fourth-order valence-corrected chi connectivity index (χ4v) is 5.99. The molecule has 1 fully saturated rings. The van der Waals surface area contributed by atoms with Crippen LogP contribution >= 0.6 is 22.9 Å². The van der Waals surface area contributed by atoms with E-state index in [2.05, 4.69) is 32.1 Å². The largest absolute Gasteiger partial charge is 0.382 e. The zero-order valence-electron chi connectivity index (χ0n) is 23.8. The Labute approximate surface area is 256 Å². The van der Waals surface area contributed by atoms with E-state index in [1.165, 1.54) is 10.9 Å². The van der Waals surface area contributed by atoms with Gasteiger partial charge in [-0.25, -0.2) is 19.6 Å². The number of nitrogens with one attached hydrogen (secondary N) is 1. The van der Waals surface area contributed by atoms with Crippen molar-refractivity contribution in [2.45, 2.75) is 6.92 Å². The van der Waals surface area contributed by atoms with Crippen LogP contribution in [0.15, 0.2) is 59.0 Å². The molecule has 6 rings (SSSR count). The van der Waals surface area contributed by atoms with Crippen molar-refractivity contribution in [1.29, 1.82) is 0 Å². The highest BCUT2D eigenvalue weighted by atomic mass is 35.5. The Balaban J connectivity index is 1.21. The zero-order chi connectivity index (χ0) is 30.2. The molecule has 14 heteroatoms. The van der Waals surface area contributed by atoms with Crippen LogP contribution in [0.3, 0.4) is 0 Å². The summed E-state index contributed by atoms with van der Waals surface area (Å²) in [5, 5.41) is 6.09. The standard InChI is InChI=1S/C29H29ClN10O2S/c1-17-24(28(42)40(38(17)3)23-7-5-4-6-19(23)30)27(41)34-18-8-9-20(32-14-18)25-26(31)33-15-21(35-25)22-16-43-29(36-22)39-12-10-37(2)11-13-39/h4-9,14-16H,10-13H2,1-3H3,(H2,31,33)(H,34,41). The number of nitrogen functional groups attached to an aromatic ring is 1. The van der Waals surface area contributed by atoms with Gasteiger partial charge in [-0.2, -0.15) is 0 Å². The van der Waals surface area contributed by atoms with Crippen molar-refractivity contribution in [2.75, 3.05) is 49.2 Å². The second kappa shape index (κ2) is 11.6. The van der Waals surface area contributed by atoms with Gasteiger partial charge in [-0.3, -0.25) is 19.3 Å². The molecular weight excluding hydrogens is 588 g/mol. The third kappa shape index (κ3) is 5.49. The number of halogens is 1. The minimum Gasteiger partial charge on any atom is -0.382 e. The summed E-state index contributed by atoms with van der Waals surface area (Å²) in [4.78, 5) is 49.4. The number of nitrogens with zero attached hydrogens (tertiary/aromatic N) is 8. The fourth-order valence-electron chi connectivity index (χ4n) is 4.90. The van der Waals surface area contributed by atoms with Gasteiger partial charge in [0.15, 0.2) is 10.9 Å². The number of benzene rings is 1. The fraction of sp³-hybridized carbons (Fsp3) is 0.241. The second-order valence-electron chi connectivity index (χ2n) is 10.2. The molecule has 12 nitrogen and oxygen atoms in total. The normalized spacial score (nSPS) is 13.8. The van der Waals surface area contributed by atoms with Crippen molar-refractivity contribution in [2.24, 2.45) is 7.05 Å². The number of carbonyl (C=O) groups is 1. The van der Waals surface area contributed by atoms with Crippen LogP contribution in [0.4, 0.5) is 16.6 Å². The molecule has 0 spiro atoms. The molecule has 0 aliphatic carbocycles. The maximum Gasteiger partial charge on any atom is 0.284 e. The molecule has 1 aromatic carbocycles. The lowest BCUT2D eigenvalue weighted by molar-refractivity contribution is 0.102. The zero-order valence-corrected chi connectivity index (χ0v) is 25.4. The highest BCUT2D eigenvalue weighted by Gasteiger charge is 2.24. The molecule has 1 amide bonds. The number of piperazine rings is 1. The molecule has 5 heterocycles. The predicted molar refractivity (Wildman–Crippen MR) is 169 cm³/mol. The Morgan fingerprint density at radius 1 is 0.977 bits per heavy atom. The van der Waals surface area contributed by atoms with E-state index in [-0.39, 0.29) is 11.4 Å². The Kier molecular flexibility index (Phi) is 7.69. The summed E-state index contributed by atoms with van der Waals surface area (Å²) in [5.41, 5.74) is 9.28. The minimum absolute atomic E-state index is 0.00788. The average Bonchev–Trinajstić information content (AvgIpc) is 3.57. The Bertz CT molecular complexity index is 1870. The number of hydrogen-bond donors (Lipinski definition) is 2. The van der Waals surface area contributed by atoms with Crippen LogP contribution in [-0.2, 0) is 7.05 Å². The van der Waals surface area contributed by atoms with E-state index in [0.29, 0.717) is 39.2 Å². The number of amides is 1. The summed E-state index contributed by atoms with van der Waals surface area (Å²) in [6.07, 6.45) is 3.09. The van der Waals surface area contributed by atoms with Crippen molar-refractivity contribution >= 4 is 45.5 Å². The van der Waals surface area contributed by atoms with Gasteiger partial charge < -0.3 is 20.9 Å². The number of hydrogen-bond acceptors (Lipinski definition) is 10. The van der Waals surface area contributed by atoms with Gasteiger partial charge in [0.2, 0.25) is 0 Å². The summed E-state index contributed by atoms with van der Waals surface area (Å²) in [6.45, 7) is 5.55. The van der Waals surface area contributed by atoms with E-state index in [0.717, 1.165) is 37.0 Å². The molecule has 43 heavy (non-hydrogen) atoms. The van der Waals surface area contributed by atoms with Gasteiger partial charge in [-0.1, -0.05) is 23.7 Å². The monoisotopic (exact) mass is 616 g/mol. The van der Waals surface area contributed by atoms with Gasteiger partial charge in [0, 0.05) is 38.6 Å². The summed E-state index contributed by atoms with van der Waals surface area (Å²) in [7, 11) is 3.82. The number of anilines is 3. The molecule has 0 radical (unpaired) electrons. The van der Waals surface area contributed by atoms with Gasteiger partial charge in [0.25, 0.3) is 11.5 Å².